The van der Waals surface area contributed by atoms with Crippen LogP contribution in [0.5, 0.6) is 0 Å². The number of carbonyl (C=O) groups is 3. The van der Waals surface area contributed by atoms with Crippen LogP contribution < -0.4 is 10.6 Å². The van der Waals surface area contributed by atoms with E-state index in [1.54, 1.807) is 42.5 Å². The van der Waals surface area contributed by atoms with Crippen LogP contribution in [0, 0.1) is 6.92 Å². The lowest BCUT2D eigenvalue weighted by Crippen LogP contribution is -2.24. The molecule has 0 unspecified atom stereocenters. The summed E-state index contributed by atoms with van der Waals surface area (Å²) in [5, 5.41) is 14.9. The predicted octanol–water partition coefficient (Wildman–Crippen LogP) is 5.10. The molecule has 0 radical (unpaired) electrons. The Hall–Kier alpha value is -3.82. The number of fused-ring (bicyclic) bond motifs is 2. The Kier molecular flexibility index (Phi) is 5.95. The molecular weight excluding hydrogens is 468 g/mol. The number of hydrogen-bond acceptors (Lipinski definition) is 8. The van der Waals surface area contributed by atoms with E-state index in [9.17, 15) is 14.4 Å². The lowest BCUT2D eigenvalue weighted by molar-refractivity contribution is -0.113. The van der Waals surface area contributed by atoms with Gasteiger partial charge < -0.3 is 10.6 Å². The molecule has 9 heteroatoms. The van der Waals surface area contributed by atoms with Crippen LogP contribution in [0.3, 0.4) is 0 Å². The molecular formula is C25H18N4O3S2. The molecule has 0 bridgehead atoms. The first-order valence-corrected chi connectivity index (χ1v) is 12.2. The summed E-state index contributed by atoms with van der Waals surface area (Å²) >= 11 is 2.60. The number of aromatic nitrogens is 2. The Labute approximate surface area is 203 Å². The average Bonchev–Trinajstić information content (AvgIpc) is 3.28. The molecule has 4 aromatic rings. The summed E-state index contributed by atoms with van der Waals surface area (Å²) in [6.45, 7) is 2.01. The Balaban J connectivity index is 1.26. The van der Waals surface area contributed by atoms with Gasteiger partial charge in [-0.05, 0) is 30.7 Å². The third-order valence-electron chi connectivity index (χ3n) is 5.23. The zero-order valence-corrected chi connectivity index (χ0v) is 19.6. The van der Waals surface area contributed by atoms with Crippen molar-refractivity contribution < 1.29 is 14.4 Å². The van der Waals surface area contributed by atoms with Crippen molar-refractivity contribution in [1.82, 2.24) is 10.2 Å². The van der Waals surface area contributed by atoms with Gasteiger partial charge >= 0.3 is 0 Å². The van der Waals surface area contributed by atoms with Gasteiger partial charge in [0, 0.05) is 22.4 Å². The minimum Gasteiger partial charge on any atom is -0.330 e. The molecule has 0 saturated carbocycles. The standard InChI is InChI=1S/C25H18N4O3S2/c1-14-6-4-7-15(12-14)26-24-28-29-25(34-24)33-13-20(30)27-19-11-5-10-18-21(19)23(32)17-9-3-2-8-16(17)22(18)31/h2-12H,13H2,1H3,(H,26,28)(H,27,30). The van der Waals surface area contributed by atoms with Gasteiger partial charge in [0.2, 0.25) is 11.0 Å². The van der Waals surface area contributed by atoms with Crippen LogP contribution in [0.1, 0.15) is 37.4 Å². The van der Waals surface area contributed by atoms with Gasteiger partial charge in [-0.25, -0.2) is 0 Å². The first-order chi connectivity index (χ1) is 16.5. The van der Waals surface area contributed by atoms with Crippen LogP contribution >= 0.6 is 23.1 Å². The van der Waals surface area contributed by atoms with Crippen molar-refractivity contribution in [3.8, 4) is 0 Å². The molecule has 0 fully saturated rings. The van der Waals surface area contributed by atoms with Crippen molar-refractivity contribution in [2.24, 2.45) is 0 Å². The number of rotatable bonds is 6. The van der Waals surface area contributed by atoms with Gasteiger partial charge in [0.05, 0.1) is 17.0 Å². The number of nitrogens with zero attached hydrogens (tertiary/aromatic N) is 2. The quantitative estimate of drug-likeness (QED) is 0.322. The summed E-state index contributed by atoms with van der Waals surface area (Å²) in [5.74, 6) is -0.717. The fraction of sp³-hybridized carbons (Fsp3) is 0.0800. The molecule has 0 spiro atoms. The third-order valence-corrected chi connectivity index (χ3v) is 7.20. The zero-order valence-electron chi connectivity index (χ0n) is 18.0. The van der Waals surface area contributed by atoms with Crippen LogP contribution in [0.15, 0.2) is 71.1 Å². The molecule has 1 aliphatic carbocycles. The normalized spacial score (nSPS) is 12.1. The fourth-order valence-electron chi connectivity index (χ4n) is 3.73. The number of benzene rings is 3. The van der Waals surface area contributed by atoms with E-state index in [1.165, 1.54) is 23.1 Å². The predicted molar refractivity (Wildman–Crippen MR) is 133 cm³/mol. The van der Waals surface area contributed by atoms with E-state index in [1.807, 2.05) is 31.2 Å². The van der Waals surface area contributed by atoms with Crippen LogP contribution in [0.2, 0.25) is 0 Å². The monoisotopic (exact) mass is 486 g/mol. The highest BCUT2D eigenvalue weighted by molar-refractivity contribution is 8.01. The Morgan fingerprint density at radius 2 is 1.65 bits per heavy atom. The highest BCUT2D eigenvalue weighted by atomic mass is 32.2. The number of anilines is 3. The summed E-state index contributed by atoms with van der Waals surface area (Å²) in [5.41, 5.74) is 3.63. The summed E-state index contributed by atoms with van der Waals surface area (Å²) in [6, 6.07) is 19.5. The number of amides is 1. The van der Waals surface area contributed by atoms with E-state index >= 15 is 0 Å². The Bertz CT molecular complexity index is 1450. The third kappa shape index (κ3) is 4.35. The molecule has 0 saturated heterocycles. The molecule has 1 heterocycles. The molecule has 1 amide bonds. The van der Waals surface area contributed by atoms with Crippen molar-refractivity contribution in [2.75, 3.05) is 16.4 Å². The van der Waals surface area contributed by atoms with Crippen molar-refractivity contribution in [2.45, 2.75) is 11.3 Å². The number of thioether (sulfide) groups is 1. The molecule has 1 aliphatic rings. The molecule has 34 heavy (non-hydrogen) atoms. The van der Waals surface area contributed by atoms with Crippen molar-refractivity contribution in [3.63, 3.8) is 0 Å². The molecule has 2 N–H and O–H groups in total. The van der Waals surface area contributed by atoms with Crippen LogP contribution in [-0.4, -0.2) is 33.4 Å². The Morgan fingerprint density at radius 3 is 2.44 bits per heavy atom. The lowest BCUT2D eigenvalue weighted by Gasteiger charge is -2.20. The van der Waals surface area contributed by atoms with Gasteiger partial charge in [-0.15, -0.1) is 10.2 Å². The number of nitrogens with one attached hydrogen (secondary N) is 2. The molecule has 5 rings (SSSR count). The first kappa shape index (κ1) is 22.0. The van der Waals surface area contributed by atoms with E-state index in [0.717, 1.165) is 11.3 Å². The van der Waals surface area contributed by atoms with Crippen LogP contribution in [0.4, 0.5) is 16.5 Å². The minimum atomic E-state index is -0.305. The molecule has 0 aliphatic heterocycles. The first-order valence-electron chi connectivity index (χ1n) is 10.4. The number of aryl methyl sites for hydroxylation is 1. The van der Waals surface area contributed by atoms with Crippen LogP contribution in [0.25, 0.3) is 0 Å². The molecule has 0 atom stereocenters. The molecule has 3 aromatic carbocycles. The molecule has 168 valence electrons. The minimum absolute atomic E-state index is 0.0848. The number of hydrogen-bond donors (Lipinski definition) is 2. The topological polar surface area (TPSA) is 101 Å². The number of carbonyl (C=O) groups excluding carboxylic acids is 3. The molecule has 1 aromatic heterocycles. The van der Waals surface area contributed by atoms with E-state index in [0.29, 0.717) is 31.8 Å². The second kappa shape index (κ2) is 9.20. The average molecular weight is 487 g/mol. The summed E-state index contributed by atoms with van der Waals surface area (Å²) < 4.78 is 0.639. The maximum absolute atomic E-state index is 13.1. The molecule has 7 nitrogen and oxygen atoms in total. The maximum atomic E-state index is 13.1. The Morgan fingerprint density at radius 1 is 0.912 bits per heavy atom. The number of ketones is 2. The highest BCUT2D eigenvalue weighted by Crippen LogP contribution is 2.32. The highest BCUT2D eigenvalue weighted by Gasteiger charge is 2.31. The van der Waals surface area contributed by atoms with E-state index in [4.69, 9.17) is 0 Å². The SMILES string of the molecule is Cc1cccc(Nc2nnc(SCC(=O)Nc3cccc4c3C(=O)c3ccccc3C4=O)s2)c1. The summed E-state index contributed by atoms with van der Waals surface area (Å²) in [4.78, 5) is 38.6. The van der Waals surface area contributed by atoms with Gasteiger partial charge in [-0.3, -0.25) is 14.4 Å². The summed E-state index contributed by atoms with van der Waals surface area (Å²) in [6.07, 6.45) is 0. The van der Waals surface area contributed by atoms with Gasteiger partial charge in [0.1, 0.15) is 0 Å². The maximum Gasteiger partial charge on any atom is 0.234 e. The van der Waals surface area contributed by atoms with Gasteiger partial charge in [-0.1, -0.05) is 71.6 Å². The van der Waals surface area contributed by atoms with Gasteiger partial charge in [0.15, 0.2) is 15.9 Å². The lowest BCUT2D eigenvalue weighted by atomic mass is 9.83. The van der Waals surface area contributed by atoms with E-state index < -0.39 is 0 Å². The largest absolute Gasteiger partial charge is 0.330 e. The fourth-order valence-corrected chi connectivity index (χ4v) is 5.30. The van der Waals surface area contributed by atoms with E-state index in [2.05, 4.69) is 20.8 Å². The van der Waals surface area contributed by atoms with Gasteiger partial charge in [-0.2, -0.15) is 0 Å². The zero-order chi connectivity index (χ0) is 23.7. The second-order valence-electron chi connectivity index (χ2n) is 7.64. The smallest absolute Gasteiger partial charge is 0.234 e. The van der Waals surface area contributed by atoms with Crippen molar-refractivity contribution in [1.29, 1.82) is 0 Å². The van der Waals surface area contributed by atoms with Crippen molar-refractivity contribution in [3.05, 3.63) is 94.5 Å². The van der Waals surface area contributed by atoms with Gasteiger partial charge in [0.25, 0.3) is 0 Å². The van der Waals surface area contributed by atoms with Crippen LogP contribution in [-0.2, 0) is 4.79 Å². The summed E-state index contributed by atoms with van der Waals surface area (Å²) in [7, 11) is 0. The second-order valence-corrected chi connectivity index (χ2v) is 9.84. The van der Waals surface area contributed by atoms with E-state index in [-0.39, 0.29) is 28.8 Å². The van der Waals surface area contributed by atoms with Crippen molar-refractivity contribution >= 4 is 57.1 Å².